The van der Waals surface area contributed by atoms with Crippen molar-refractivity contribution in [3.8, 4) is 0 Å². The van der Waals surface area contributed by atoms with E-state index in [1.165, 1.54) is 29.7 Å². The third-order valence-corrected chi connectivity index (χ3v) is 7.48. The van der Waals surface area contributed by atoms with Crippen molar-refractivity contribution in [1.82, 2.24) is 15.2 Å². The number of anilines is 2. The third-order valence-electron chi connectivity index (χ3n) is 7.48. The number of aromatic nitrogens is 1. The number of urea groups is 1. The van der Waals surface area contributed by atoms with Crippen molar-refractivity contribution in [3.05, 3.63) is 89.7 Å². The molecule has 6 heteroatoms. The average Bonchev–Trinajstić information content (AvgIpc) is 3.10. The fourth-order valence-electron chi connectivity index (χ4n) is 5.59. The van der Waals surface area contributed by atoms with Crippen molar-refractivity contribution >= 4 is 17.4 Å². The van der Waals surface area contributed by atoms with Gasteiger partial charge in [-0.15, -0.1) is 0 Å². The Morgan fingerprint density at radius 3 is 2.40 bits per heavy atom. The molecule has 2 bridgehead atoms. The van der Waals surface area contributed by atoms with E-state index < -0.39 is 0 Å². The Labute approximate surface area is 208 Å². The topological polar surface area (TPSA) is 60.5 Å². The molecule has 3 aromatic rings. The summed E-state index contributed by atoms with van der Waals surface area (Å²) in [7, 11) is 0. The molecule has 2 fully saturated rings. The van der Waals surface area contributed by atoms with Crippen molar-refractivity contribution < 1.29 is 4.79 Å². The number of nitrogens with zero attached hydrogens (tertiary/aromatic N) is 3. The molecule has 0 spiro atoms. The number of fused-ring (bicyclic) bond motifs is 2. The summed E-state index contributed by atoms with van der Waals surface area (Å²) < 4.78 is 0. The Kier molecular flexibility index (Phi) is 7.00. The van der Waals surface area contributed by atoms with Crippen molar-refractivity contribution in [2.75, 3.05) is 29.9 Å². The highest BCUT2D eigenvalue weighted by atomic mass is 16.2. The number of aryl methyl sites for hydroxylation is 2. The SMILES string of the molecule is Cc1ccc(NC(=O)N[C@@H](CCN2C3CC[C@@H]2CN(c2cnccc2C)C3)c2ccccc2)cc1. The molecular formula is C29H35N5O. The monoisotopic (exact) mass is 469 g/mol. The van der Waals surface area contributed by atoms with E-state index in [4.69, 9.17) is 0 Å². The van der Waals surface area contributed by atoms with E-state index in [-0.39, 0.29) is 12.1 Å². The zero-order valence-electron chi connectivity index (χ0n) is 20.7. The quantitative estimate of drug-likeness (QED) is 0.493. The van der Waals surface area contributed by atoms with Gasteiger partial charge in [-0.2, -0.15) is 0 Å². The summed E-state index contributed by atoms with van der Waals surface area (Å²) in [6.45, 7) is 7.27. The van der Waals surface area contributed by atoms with Gasteiger partial charge in [0.05, 0.1) is 17.9 Å². The van der Waals surface area contributed by atoms with E-state index in [1.54, 1.807) is 0 Å². The van der Waals surface area contributed by atoms with Crippen LogP contribution in [0.15, 0.2) is 73.1 Å². The molecule has 3 atom stereocenters. The Morgan fingerprint density at radius 1 is 1.00 bits per heavy atom. The standard InChI is InChI=1S/C29H35N5O/c1-21-8-10-24(11-9-21)31-29(35)32-27(23-6-4-3-5-7-23)15-17-34-25-12-13-26(34)20-33(19-25)28-18-30-16-14-22(28)2/h3-11,14,16,18,25-27H,12-13,15,17,19-20H2,1-2H3,(H2,31,32,35)/t25-,26?,27+/m1/s1. The van der Waals surface area contributed by atoms with Crippen LogP contribution in [-0.2, 0) is 0 Å². The van der Waals surface area contributed by atoms with Crippen LogP contribution in [0, 0.1) is 13.8 Å². The highest BCUT2D eigenvalue weighted by Crippen LogP contribution is 2.34. The first-order chi connectivity index (χ1) is 17.1. The van der Waals surface area contributed by atoms with Crippen LogP contribution in [0.4, 0.5) is 16.2 Å². The Bertz CT molecular complexity index is 1120. The van der Waals surface area contributed by atoms with Crippen molar-refractivity contribution in [3.63, 3.8) is 0 Å². The maximum absolute atomic E-state index is 12.9. The molecule has 2 amide bonds. The minimum Gasteiger partial charge on any atom is -0.367 e. The second kappa shape index (κ2) is 10.5. The summed E-state index contributed by atoms with van der Waals surface area (Å²) in [5, 5.41) is 6.22. The molecule has 2 N–H and O–H groups in total. The van der Waals surface area contributed by atoms with Crippen molar-refractivity contribution in [1.29, 1.82) is 0 Å². The predicted octanol–water partition coefficient (Wildman–Crippen LogP) is 5.30. The van der Waals surface area contributed by atoms with E-state index in [0.29, 0.717) is 12.1 Å². The number of benzene rings is 2. The lowest BCUT2D eigenvalue weighted by molar-refractivity contribution is 0.161. The Hall–Kier alpha value is -3.38. The van der Waals surface area contributed by atoms with Gasteiger partial charge >= 0.3 is 6.03 Å². The summed E-state index contributed by atoms with van der Waals surface area (Å²) in [5.74, 6) is 0. The molecule has 1 aromatic heterocycles. The van der Waals surface area contributed by atoms with Gasteiger partial charge in [0.1, 0.15) is 0 Å². The summed E-state index contributed by atoms with van der Waals surface area (Å²) in [6, 6.07) is 21.2. The van der Waals surface area contributed by atoms with Crippen LogP contribution in [0.2, 0.25) is 0 Å². The van der Waals surface area contributed by atoms with Crippen LogP contribution in [0.25, 0.3) is 0 Å². The lowest BCUT2D eigenvalue weighted by Crippen LogP contribution is -2.54. The molecule has 0 aliphatic carbocycles. The maximum atomic E-state index is 12.9. The molecule has 1 unspecified atom stereocenters. The first kappa shape index (κ1) is 23.4. The van der Waals surface area contributed by atoms with Gasteiger partial charge < -0.3 is 15.5 Å². The van der Waals surface area contributed by atoms with Gasteiger partial charge in [0, 0.05) is 43.6 Å². The van der Waals surface area contributed by atoms with Crippen LogP contribution in [0.5, 0.6) is 0 Å². The summed E-state index contributed by atoms with van der Waals surface area (Å²) in [6.07, 6.45) is 7.22. The first-order valence-corrected chi connectivity index (χ1v) is 12.7. The predicted molar refractivity (Wildman–Crippen MR) is 142 cm³/mol. The molecule has 5 rings (SSSR count). The number of piperazine rings is 1. The second-order valence-corrected chi connectivity index (χ2v) is 9.91. The highest BCUT2D eigenvalue weighted by Gasteiger charge is 2.40. The van der Waals surface area contributed by atoms with Gasteiger partial charge in [0.25, 0.3) is 0 Å². The van der Waals surface area contributed by atoms with Gasteiger partial charge in [-0.05, 0) is 62.4 Å². The lowest BCUT2D eigenvalue weighted by Gasteiger charge is -2.43. The van der Waals surface area contributed by atoms with Gasteiger partial charge in [-0.1, -0.05) is 48.0 Å². The van der Waals surface area contributed by atoms with Crippen LogP contribution in [0.1, 0.15) is 42.0 Å². The van der Waals surface area contributed by atoms with Crippen LogP contribution < -0.4 is 15.5 Å². The number of hydrogen-bond acceptors (Lipinski definition) is 4. The summed E-state index contributed by atoms with van der Waals surface area (Å²) in [5.41, 5.74) is 5.68. The number of hydrogen-bond donors (Lipinski definition) is 2. The van der Waals surface area contributed by atoms with E-state index in [9.17, 15) is 4.79 Å². The normalized spacial score (nSPS) is 20.5. The smallest absolute Gasteiger partial charge is 0.319 e. The summed E-state index contributed by atoms with van der Waals surface area (Å²) in [4.78, 5) is 22.4. The highest BCUT2D eigenvalue weighted by molar-refractivity contribution is 5.89. The maximum Gasteiger partial charge on any atom is 0.319 e. The largest absolute Gasteiger partial charge is 0.367 e. The van der Waals surface area contributed by atoms with Gasteiger partial charge in [-0.3, -0.25) is 9.88 Å². The number of carbonyl (C=O) groups excluding carboxylic acids is 1. The molecule has 0 saturated carbocycles. The Balaban J connectivity index is 1.23. The molecule has 2 aliphatic rings. The number of rotatable bonds is 7. The zero-order valence-corrected chi connectivity index (χ0v) is 20.7. The van der Waals surface area contributed by atoms with Gasteiger partial charge in [0.15, 0.2) is 0 Å². The van der Waals surface area contributed by atoms with Crippen LogP contribution in [0.3, 0.4) is 0 Å². The van der Waals surface area contributed by atoms with Crippen molar-refractivity contribution in [2.24, 2.45) is 0 Å². The third kappa shape index (κ3) is 5.49. The minimum absolute atomic E-state index is 0.0420. The molecule has 182 valence electrons. The molecule has 6 nitrogen and oxygen atoms in total. The van der Waals surface area contributed by atoms with Crippen molar-refractivity contribution in [2.45, 2.75) is 51.2 Å². The molecule has 35 heavy (non-hydrogen) atoms. The molecule has 2 saturated heterocycles. The zero-order chi connectivity index (χ0) is 24.2. The molecule has 2 aliphatic heterocycles. The van der Waals surface area contributed by atoms with E-state index in [1.807, 2.05) is 61.8 Å². The molecule has 2 aromatic carbocycles. The van der Waals surface area contributed by atoms with E-state index in [0.717, 1.165) is 37.3 Å². The molecule has 3 heterocycles. The number of carbonyl (C=O) groups is 1. The summed E-state index contributed by atoms with van der Waals surface area (Å²) >= 11 is 0. The fourth-order valence-corrected chi connectivity index (χ4v) is 5.59. The van der Waals surface area contributed by atoms with Gasteiger partial charge in [0.2, 0.25) is 0 Å². The average molecular weight is 470 g/mol. The minimum atomic E-state index is -0.164. The van der Waals surface area contributed by atoms with Crippen LogP contribution in [-0.4, -0.2) is 47.6 Å². The first-order valence-electron chi connectivity index (χ1n) is 12.7. The second-order valence-electron chi connectivity index (χ2n) is 9.91. The lowest BCUT2D eigenvalue weighted by atomic mass is 10.0. The molecule has 0 radical (unpaired) electrons. The Morgan fingerprint density at radius 2 is 1.71 bits per heavy atom. The fraction of sp³-hybridized carbons (Fsp3) is 0.379. The number of pyridine rings is 1. The molecular weight excluding hydrogens is 434 g/mol. The van der Waals surface area contributed by atoms with Gasteiger partial charge in [-0.25, -0.2) is 4.79 Å². The number of amides is 2. The van der Waals surface area contributed by atoms with E-state index >= 15 is 0 Å². The number of nitrogens with one attached hydrogen (secondary N) is 2. The van der Waals surface area contributed by atoms with Crippen LogP contribution >= 0.6 is 0 Å². The van der Waals surface area contributed by atoms with E-state index in [2.05, 4.69) is 50.5 Å².